The number of hydrogen-bond donors (Lipinski definition) is 1. The zero-order valence-electron chi connectivity index (χ0n) is 11.5. The lowest BCUT2D eigenvalue weighted by Crippen LogP contribution is -2.22. The van der Waals surface area contributed by atoms with Gasteiger partial charge < -0.3 is 5.32 Å². The molecule has 0 bridgehead atoms. The molecule has 1 heterocycles. The van der Waals surface area contributed by atoms with Crippen molar-refractivity contribution in [3.05, 3.63) is 51.8 Å². The van der Waals surface area contributed by atoms with Gasteiger partial charge in [0.1, 0.15) is 0 Å². The minimum atomic E-state index is -1.30. The molecule has 0 unspecified atom stereocenters. The van der Waals surface area contributed by atoms with Crippen LogP contribution >= 0.6 is 0 Å². The molecule has 0 fully saturated rings. The summed E-state index contributed by atoms with van der Waals surface area (Å²) in [5, 5.41) is 18.1. The van der Waals surface area contributed by atoms with Gasteiger partial charge in [-0.3, -0.25) is 10.1 Å². The lowest BCUT2D eigenvalue weighted by Gasteiger charge is -2.06. The van der Waals surface area contributed by atoms with E-state index in [0.717, 1.165) is 16.8 Å². The van der Waals surface area contributed by atoms with Gasteiger partial charge in [-0.1, -0.05) is 13.8 Å². The third-order valence-electron chi connectivity index (χ3n) is 2.81. The number of rotatable bonds is 5. The van der Waals surface area contributed by atoms with Crippen molar-refractivity contribution in [1.29, 1.82) is 0 Å². The molecule has 2 aromatic rings. The molecule has 0 spiro atoms. The van der Waals surface area contributed by atoms with Gasteiger partial charge in [0.25, 0.3) is 5.69 Å². The largest absolute Gasteiger partial charge is 0.309 e. The fourth-order valence-corrected chi connectivity index (χ4v) is 1.78. The van der Waals surface area contributed by atoms with Gasteiger partial charge >= 0.3 is 0 Å². The zero-order chi connectivity index (χ0) is 15.6. The maximum absolute atomic E-state index is 13.9. The Morgan fingerprint density at radius 1 is 1.38 bits per heavy atom. The Balaban J connectivity index is 2.42. The number of nitrogens with zero attached hydrogens (tertiary/aromatic N) is 3. The predicted octanol–water partition coefficient (Wildman–Crippen LogP) is 2.56. The van der Waals surface area contributed by atoms with Crippen LogP contribution in [-0.2, 0) is 6.54 Å². The zero-order valence-corrected chi connectivity index (χ0v) is 11.5. The third-order valence-corrected chi connectivity index (χ3v) is 2.81. The number of aromatic nitrogens is 2. The van der Waals surface area contributed by atoms with Crippen LogP contribution < -0.4 is 5.32 Å². The smallest absolute Gasteiger partial charge is 0.298 e. The summed E-state index contributed by atoms with van der Waals surface area (Å²) in [7, 11) is 0. The van der Waals surface area contributed by atoms with E-state index in [9.17, 15) is 18.9 Å². The molecule has 2 rings (SSSR count). The summed E-state index contributed by atoms with van der Waals surface area (Å²) in [6.45, 7) is 4.33. The van der Waals surface area contributed by atoms with Crippen LogP contribution in [0.15, 0.2) is 24.4 Å². The standard InChI is InChI=1S/C13H14F2N4O2/c1-8(2)16-7-9-5-6-18(17-9)13-11(19(20)21)4-3-10(14)12(13)15/h3-6,8,16H,7H2,1-2H3. The van der Waals surface area contributed by atoms with Crippen molar-refractivity contribution in [2.45, 2.75) is 26.4 Å². The van der Waals surface area contributed by atoms with Crippen molar-refractivity contribution in [3.63, 3.8) is 0 Å². The van der Waals surface area contributed by atoms with Crippen LogP contribution in [0.25, 0.3) is 5.69 Å². The molecule has 0 saturated carbocycles. The molecule has 6 nitrogen and oxygen atoms in total. The third kappa shape index (κ3) is 3.22. The molecular weight excluding hydrogens is 282 g/mol. The molecule has 0 aliphatic rings. The van der Waals surface area contributed by atoms with E-state index in [-0.39, 0.29) is 6.04 Å². The summed E-state index contributed by atoms with van der Waals surface area (Å²) >= 11 is 0. The summed E-state index contributed by atoms with van der Waals surface area (Å²) in [4.78, 5) is 10.2. The highest BCUT2D eigenvalue weighted by molar-refractivity contribution is 5.53. The quantitative estimate of drug-likeness (QED) is 0.680. The molecule has 0 aliphatic carbocycles. The summed E-state index contributed by atoms with van der Waals surface area (Å²) < 4.78 is 28.2. The van der Waals surface area contributed by atoms with Crippen LogP contribution in [0.4, 0.5) is 14.5 Å². The molecule has 1 aromatic heterocycles. The van der Waals surface area contributed by atoms with Gasteiger partial charge in [-0.2, -0.15) is 5.10 Å². The van der Waals surface area contributed by atoms with Crippen molar-refractivity contribution in [1.82, 2.24) is 15.1 Å². The van der Waals surface area contributed by atoms with Gasteiger partial charge in [0.15, 0.2) is 17.3 Å². The highest BCUT2D eigenvalue weighted by Crippen LogP contribution is 2.27. The molecule has 8 heteroatoms. The number of benzene rings is 1. The average molecular weight is 296 g/mol. The number of nitro groups is 1. The van der Waals surface area contributed by atoms with Gasteiger partial charge in [0.2, 0.25) is 0 Å². The molecule has 0 saturated heterocycles. The predicted molar refractivity (Wildman–Crippen MR) is 72.1 cm³/mol. The second-order valence-electron chi connectivity index (χ2n) is 4.77. The Morgan fingerprint density at radius 3 is 2.71 bits per heavy atom. The van der Waals surface area contributed by atoms with E-state index in [4.69, 9.17) is 0 Å². The average Bonchev–Trinajstić information content (AvgIpc) is 2.87. The van der Waals surface area contributed by atoms with E-state index < -0.39 is 27.9 Å². The maximum atomic E-state index is 13.9. The fraction of sp³-hybridized carbons (Fsp3) is 0.308. The monoisotopic (exact) mass is 296 g/mol. The Hall–Kier alpha value is -2.35. The topological polar surface area (TPSA) is 73.0 Å². The molecule has 0 amide bonds. The van der Waals surface area contributed by atoms with E-state index in [1.165, 1.54) is 6.20 Å². The lowest BCUT2D eigenvalue weighted by molar-refractivity contribution is -0.384. The molecule has 1 N–H and O–H groups in total. The fourth-order valence-electron chi connectivity index (χ4n) is 1.78. The van der Waals surface area contributed by atoms with Crippen LogP contribution in [-0.4, -0.2) is 20.7 Å². The van der Waals surface area contributed by atoms with E-state index in [1.54, 1.807) is 6.07 Å². The first-order valence-electron chi connectivity index (χ1n) is 6.31. The van der Waals surface area contributed by atoms with Crippen LogP contribution in [0.2, 0.25) is 0 Å². The van der Waals surface area contributed by atoms with E-state index in [0.29, 0.717) is 12.2 Å². The van der Waals surface area contributed by atoms with Crippen LogP contribution in [0.3, 0.4) is 0 Å². The van der Waals surface area contributed by atoms with Gasteiger partial charge in [-0.15, -0.1) is 0 Å². The number of nitrogens with one attached hydrogen (secondary N) is 1. The SMILES string of the molecule is CC(C)NCc1ccn(-c2c([N+](=O)[O-])ccc(F)c2F)n1. The van der Waals surface area contributed by atoms with Crippen molar-refractivity contribution < 1.29 is 13.7 Å². The second kappa shape index (κ2) is 5.96. The molecule has 21 heavy (non-hydrogen) atoms. The number of halogens is 2. The highest BCUT2D eigenvalue weighted by Gasteiger charge is 2.23. The Bertz CT molecular complexity index is 670. The Morgan fingerprint density at radius 2 is 2.10 bits per heavy atom. The van der Waals surface area contributed by atoms with Gasteiger partial charge in [-0.25, -0.2) is 13.5 Å². The summed E-state index contributed by atoms with van der Waals surface area (Å²) in [5.74, 6) is -2.45. The Kier molecular flexibility index (Phi) is 4.27. The molecule has 0 atom stereocenters. The molecule has 0 radical (unpaired) electrons. The maximum Gasteiger partial charge on any atom is 0.298 e. The lowest BCUT2D eigenvalue weighted by atomic mass is 10.2. The second-order valence-corrected chi connectivity index (χ2v) is 4.77. The summed E-state index contributed by atoms with van der Waals surface area (Å²) in [6.07, 6.45) is 1.36. The van der Waals surface area contributed by atoms with Crippen molar-refractivity contribution in [2.75, 3.05) is 0 Å². The summed E-state index contributed by atoms with van der Waals surface area (Å²) in [6, 6.07) is 3.46. The first kappa shape index (κ1) is 15.0. The minimum absolute atomic E-state index is 0.232. The van der Waals surface area contributed by atoms with Crippen LogP contribution in [0.5, 0.6) is 0 Å². The highest BCUT2D eigenvalue weighted by atomic mass is 19.2. The van der Waals surface area contributed by atoms with Crippen molar-refractivity contribution in [2.24, 2.45) is 0 Å². The first-order chi connectivity index (χ1) is 9.90. The van der Waals surface area contributed by atoms with Crippen LogP contribution in [0, 0.1) is 21.7 Å². The van der Waals surface area contributed by atoms with E-state index in [2.05, 4.69) is 10.4 Å². The van der Waals surface area contributed by atoms with Gasteiger partial charge in [0, 0.05) is 24.8 Å². The van der Waals surface area contributed by atoms with E-state index >= 15 is 0 Å². The molecule has 1 aromatic carbocycles. The van der Waals surface area contributed by atoms with Crippen molar-refractivity contribution in [3.8, 4) is 5.69 Å². The normalized spacial score (nSPS) is 11.1. The number of nitro benzene ring substituents is 1. The molecule has 112 valence electrons. The van der Waals surface area contributed by atoms with Gasteiger partial charge in [-0.05, 0) is 12.1 Å². The minimum Gasteiger partial charge on any atom is -0.309 e. The number of hydrogen-bond acceptors (Lipinski definition) is 4. The Labute approximate surface area is 119 Å². The summed E-state index contributed by atoms with van der Waals surface area (Å²) in [5.41, 5.74) is -0.474. The van der Waals surface area contributed by atoms with E-state index in [1.807, 2.05) is 13.8 Å². The van der Waals surface area contributed by atoms with Crippen molar-refractivity contribution >= 4 is 5.69 Å². The van der Waals surface area contributed by atoms with Gasteiger partial charge in [0.05, 0.1) is 10.6 Å². The molecule has 0 aliphatic heterocycles. The first-order valence-corrected chi connectivity index (χ1v) is 6.31. The molecular formula is C13H14F2N4O2. The van der Waals surface area contributed by atoms with Crippen LogP contribution in [0.1, 0.15) is 19.5 Å².